The van der Waals surface area contributed by atoms with Crippen molar-refractivity contribution in [3.05, 3.63) is 24.3 Å². The highest BCUT2D eigenvalue weighted by Crippen LogP contribution is 1.76. The lowest BCUT2D eigenvalue weighted by atomic mass is 10.5. The smallest absolute Gasteiger partial charge is 0.257 e. The van der Waals surface area contributed by atoms with Gasteiger partial charge in [0.2, 0.25) is 15.9 Å². The van der Waals surface area contributed by atoms with Crippen molar-refractivity contribution in [3.8, 4) is 0 Å². The summed E-state index contributed by atoms with van der Waals surface area (Å²) >= 11 is 0. The minimum atomic E-state index is -3.40. The molecule has 92 valence electrons. The highest BCUT2D eigenvalue weighted by molar-refractivity contribution is 7.89. The molecule has 0 saturated carbocycles. The van der Waals surface area contributed by atoms with Crippen LogP contribution in [0.3, 0.4) is 0 Å². The summed E-state index contributed by atoms with van der Waals surface area (Å²) in [6.07, 6.45) is 6.43. The van der Waals surface area contributed by atoms with Crippen LogP contribution in [0.15, 0.2) is 24.3 Å². The standard InChI is InChI=1S/C5H9NO3S.C4H7NO/c1-3-4-5(7)6-10(2,8)9;1-2-3-4(5)6/h3-4H,1-2H3,(H,6,7);2-3H,1H3,(H2,5,6)/b4-3+;3-2+. The zero-order valence-corrected chi connectivity index (χ0v) is 10.2. The Balaban J connectivity index is 0. The Kier molecular flexibility index (Phi) is 9.09. The van der Waals surface area contributed by atoms with Gasteiger partial charge in [0.1, 0.15) is 0 Å². The normalized spacial score (nSPS) is 10.9. The maximum Gasteiger partial charge on any atom is 0.257 e. The van der Waals surface area contributed by atoms with E-state index in [9.17, 15) is 18.0 Å². The van der Waals surface area contributed by atoms with Crippen LogP contribution in [-0.4, -0.2) is 26.5 Å². The lowest BCUT2D eigenvalue weighted by Crippen LogP contribution is -2.27. The maximum absolute atomic E-state index is 10.5. The number of hydrogen-bond acceptors (Lipinski definition) is 4. The average molecular weight is 248 g/mol. The lowest BCUT2D eigenvalue weighted by Gasteiger charge is -1.94. The maximum atomic E-state index is 10.5. The van der Waals surface area contributed by atoms with E-state index in [1.54, 1.807) is 24.6 Å². The number of sulfonamides is 1. The fraction of sp³-hybridized carbons (Fsp3) is 0.333. The molecule has 0 radical (unpaired) electrons. The minimum absolute atomic E-state index is 0.391. The summed E-state index contributed by atoms with van der Waals surface area (Å²) in [4.78, 5) is 20.2. The van der Waals surface area contributed by atoms with E-state index in [1.807, 2.05) is 0 Å². The summed E-state index contributed by atoms with van der Waals surface area (Å²) in [5.41, 5.74) is 4.68. The molecule has 7 heteroatoms. The Labute approximate surface area is 95.3 Å². The molecule has 6 nitrogen and oxygen atoms in total. The van der Waals surface area contributed by atoms with Gasteiger partial charge in [-0.1, -0.05) is 12.2 Å². The highest BCUT2D eigenvalue weighted by atomic mass is 32.2. The zero-order chi connectivity index (χ0) is 13.2. The third-order valence-corrected chi connectivity index (χ3v) is 1.51. The van der Waals surface area contributed by atoms with Gasteiger partial charge in [0, 0.05) is 0 Å². The van der Waals surface area contributed by atoms with Gasteiger partial charge in [0.25, 0.3) is 5.91 Å². The van der Waals surface area contributed by atoms with Gasteiger partial charge in [0.15, 0.2) is 0 Å². The molecule has 0 rings (SSSR count). The first kappa shape index (κ1) is 16.8. The van der Waals surface area contributed by atoms with Gasteiger partial charge in [0.05, 0.1) is 6.26 Å². The van der Waals surface area contributed by atoms with Gasteiger partial charge in [-0.2, -0.15) is 0 Å². The number of primary amides is 1. The summed E-state index contributed by atoms with van der Waals surface area (Å²) in [5.74, 6) is -1.01. The molecule has 0 spiro atoms. The van der Waals surface area contributed by atoms with E-state index in [-0.39, 0.29) is 0 Å². The first-order valence-corrected chi connectivity index (χ1v) is 6.18. The second-order valence-corrected chi connectivity index (χ2v) is 4.39. The first-order chi connectivity index (χ1) is 7.22. The van der Waals surface area contributed by atoms with E-state index in [0.717, 1.165) is 12.3 Å². The molecule has 0 bridgehead atoms. The van der Waals surface area contributed by atoms with Crippen LogP contribution in [-0.2, 0) is 19.6 Å². The summed E-state index contributed by atoms with van der Waals surface area (Å²) in [6.45, 7) is 3.37. The van der Waals surface area contributed by atoms with Crippen LogP contribution in [0.5, 0.6) is 0 Å². The molecule has 0 aromatic carbocycles. The van der Waals surface area contributed by atoms with Crippen molar-refractivity contribution in [2.75, 3.05) is 6.26 Å². The molecule has 0 aromatic heterocycles. The van der Waals surface area contributed by atoms with E-state index in [2.05, 4.69) is 5.73 Å². The Morgan fingerprint density at radius 1 is 1.12 bits per heavy atom. The highest BCUT2D eigenvalue weighted by Gasteiger charge is 2.02. The molecular formula is C9H16N2O4S. The number of nitrogens with one attached hydrogen (secondary N) is 1. The number of allylic oxidation sites excluding steroid dienone is 2. The zero-order valence-electron chi connectivity index (χ0n) is 9.43. The van der Waals surface area contributed by atoms with Crippen LogP contribution in [0.1, 0.15) is 13.8 Å². The number of carbonyl (C=O) groups is 2. The van der Waals surface area contributed by atoms with Crippen LogP contribution in [0.25, 0.3) is 0 Å². The largest absolute Gasteiger partial charge is 0.366 e. The predicted molar refractivity (Wildman–Crippen MR) is 61.8 cm³/mol. The first-order valence-electron chi connectivity index (χ1n) is 4.29. The van der Waals surface area contributed by atoms with Crippen molar-refractivity contribution in [3.63, 3.8) is 0 Å². The Morgan fingerprint density at radius 2 is 1.56 bits per heavy atom. The van der Waals surface area contributed by atoms with E-state index in [1.165, 1.54) is 12.2 Å². The third kappa shape index (κ3) is 18.2. The Bertz CT molecular complexity index is 382. The average Bonchev–Trinajstić information content (AvgIpc) is 2.01. The summed E-state index contributed by atoms with van der Waals surface area (Å²) in [7, 11) is -3.40. The minimum Gasteiger partial charge on any atom is -0.366 e. The molecule has 2 amide bonds. The Morgan fingerprint density at radius 3 is 1.75 bits per heavy atom. The molecule has 16 heavy (non-hydrogen) atoms. The number of rotatable bonds is 3. The molecule has 0 heterocycles. The van der Waals surface area contributed by atoms with Crippen molar-refractivity contribution >= 4 is 21.8 Å². The van der Waals surface area contributed by atoms with Crippen LogP contribution in [0.2, 0.25) is 0 Å². The van der Waals surface area contributed by atoms with Gasteiger partial charge in [-0.3, -0.25) is 9.59 Å². The third-order valence-electron chi connectivity index (χ3n) is 0.935. The van der Waals surface area contributed by atoms with E-state index in [4.69, 9.17) is 0 Å². The van der Waals surface area contributed by atoms with E-state index < -0.39 is 21.8 Å². The van der Waals surface area contributed by atoms with Crippen LogP contribution < -0.4 is 10.5 Å². The van der Waals surface area contributed by atoms with Gasteiger partial charge in [-0.05, 0) is 26.0 Å². The summed E-state index contributed by atoms with van der Waals surface area (Å²) in [6, 6.07) is 0. The van der Waals surface area contributed by atoms with Gasteiger partial charge < -0.3 is 5.73 Å². The molecule has 0 atom stereocenters. The summed E-state index contributed by atoms with van der Waals surface area (Å²) in [5, 5.41) is 0. The molecular weight excluding hydrogens is 232 g/mol. The number of amides is 2. The number of nitrogens with two attached hydrogens (primary N) is 1. The van der Waals surface area contributed by atoms with Crippen LogP contribution in [0, 0.1) is 0 Å². The molecule has 0 aliphatic carbocycles. The van der Waals surface area contributed by atoms with Crippen molar-refractivity contribution in [2.24, 2.45) is 5.73 Å². The molecule has 0 aliphatic heterocycles. The fourth-order valence-corrected chi connectivity index (χ4v) is 0.966. The second-order valence-electron chi connectivity index (χ2n) is 2.64. The van der Waals surface area contributed by atoms with E-state index >= 15 is 0 Å². The van der Waals surface area contributed by atoms with Crippen LogP contribution in [0.4, 0.5) is 0 Å². The molecule has 3 N–H and O–H groups in total. The molecule has 0 fully saturated rings. The molecule has 0 unspecified atom stereocenters. The topological polar surface area (TPSA) is 106 Å². The quantitative estimate of drug-likeness (QED) is 0.668. The van der Waals surface area contributed by atoms with Gasteiger partial charge in [-0.15, -0.1) is 0 Å². The fourth-order valence-electron chi connectivity index (χ4n) is 0.532. The summed E-state index contributed by atoms with van der Waals surface area (Å²) < 4.78 is 22.5. The monoisotopic (exact) mass is 248 g/mol. The molecule has 0 aromatic rings. The van der Waals surface area contributed by atoms with Crippen molar-refractivity contribution in [2.45, 2.75) is 13.8 Å². The SMILES string of the molecule is C/C=C/C(=O)NS(C)(=O)=O.C/C=C/C(N)=O. The van der Waals surface area contributed by atoms with Gasteiger partial charge >= 0.3 is 0 Å². The van der Waals surface area contributed by atoms with Crippen molar-refractivity contribution in [1.82, 2.24) is 4.72 Å². The number of hydrogen-bond donors (Lipinski definition) is 2. The van der Waals surface area contributed by atoms with Crippen molar-refractivity contribution in [1.29, 1.82) is 0 Å². The number of carbonyl (C=O) groups excluding carboxylic acids is 2. The molecule has 0 aliphatic rings. The lowest BCUT2D eigenvalue weighted by molar-refractivity contribution is -0.115. The van der Waals surface area contributed by atoms with Crippen molar-refractivity contribution < 1.29 is 18.0 Å². The van der Waals surface area contributed by atoms with Crippen LogP contribution >= 0.6 is 0 Å². The predicted octanol–water partition coefficient (Wildman–Crippen LogP) is -0.314. The Hall–Kier alpha value is -1.63. The second kappa shape index (κ2) is 8.66. The molecule has 0 saturated heterocycles. The van der Waals surface area contributed by atoms with E-state index in [0.29, 0.717) is 0 Å². The van der Waals surface area contributed by atoms with Gasteiger partial charge in [-0.25, -0.2) is 13.1 Å².